The molecule has 0 saturated carbocycles. The highest BCUT2D eigenvalue weighted by Crippen LogP contribution is 2.15. The minimum atomic E-state index is 0.481. The molecule has 0 unspecified atom stereocenters. The number of aryl methyl sites for hydroxylation is 1. The third kappa shape index (κ3) is 5.32. The van der Waals surface area contributed by atoms with Crippen molar-refractivity contribution in [1.29, 1.82) is 0 Å². The van der Waals surface area contributed by atoms with Gasteiger partial charge < -0.3 is 10.2 Å². The Morgan fingerprint density at radius 1 is 1.42 bits per heavy atom. The Hall–Kier alpha value is -1.53. The lowest BCUT2D eigenvalue weighted by molar-refractivity contribution is 0.588. The van der Waals surface area contributed by atoms with Crippen LogP contribution in [0.3, 0.4) is 0 Å². The number of nitrogens with zero attached hydrogens (tertiary/aromatic N) is 2. The Labute approximate surface area is 117 Å². The summed E-state index contributed by atoms with van der Waals surface area (Å²) in [4.78, 5) is 6.68. The molecule has 0 atom stereocenters. The molecule has 0 bridgehead atoms. The van der Waals surface area contributed by atoms with Gasteiger partial charge in [-0.25, -0.2) is 4.98 Å². The van der Waals surface area contributed by atoms with Crippen LogP contribution in [0.15, 0.2) is 12.1 Å². The van der Waals surface area contributed by atoms with Crippen LogP contribution in [0, 0.1) is 12.3 Å². The van der Waals surface area contributed by atoms with Crippen molar-refractivity contribution < 1.29 is 0 Å². The van der Waals surface area contributed by atoms with Crippen LogP contribution in [0.2, 0.25) is 0 Å². The number of rotatable bonds is 7. The Morgan fingerprint density at radius 2 is 2.16 bits per heavy atom. The van der Waals surface area contributed by atoms with Crippen molar-refractivity contribution in [2.45, 2.75) is 46.2 Å². The van der Waals surface area contributed by atoms with Gasteiger partial charge in [-0.15, -0.1) is 6.42 Å². The third-order valence-corrected chi connectivity index (χ3v) is 2.86. The fourth-order valence-corrected chi connectivity index (χ4v) is 1.85. The van der Waals surface area contributed by atoms with Crippen LogP contribution >= 0.6 is 0 Å². The minimum absolute atomic E-state index is 0.481. The van der Waals surface area contributed by atoms with Crippen LogP contribution in [0.1, 0.15) is 38.4 Å². The fraction of sp³-hybridized carbons (Fsp3) is 0.562. The molecular weight excluding hydrogens is 234 g/mol. The van der Waals surface area contributed by atoms with Gasteiger partial charge in [-0.2, -0.15) is 0 Å². The quantitative estimate of drug-likeness (QED) is 0.763. The minimum Gasteiger partial charge on any atom is -0.349 e. The first-order chi connectivity index (χ1) is 9.06. The topological polar surface area (TPSA) is 28.2 Å². The number of hydrogen-bond donors (Lipinski definition) is 1. The van der Waals surface area contributed by atoms with E-state index in [0.29, 0.717) is 12.6 Å². The summed E-state index contributed by atoms with van der Waals surface area (Å²) in [5, 5.41) is 3.44. The van der Waals surface area contributed by atoms with Gasteiger partial charge in [-0.3, -0.25) is 0 Å². The van der Waals surface area contributed by atoms with Crippen LogP contribution < -0.4 is 10.2 Å². The molecule has 3 heteroatoms. The van der Waals surface area contributed by atoms with Crippen molar-refractivity contribution in [2.75, 3.05) is 18.5 Å². The first-order valence-electron chi connectivity index (χ1n) is 6.94. The first kappa shape index (κ1) is 15.5. The van der Waals surface area contributed by atoms with Crippen molar-refractivity contribution in [3.05, 3.63) is 23.4 Å². The molecule has 0 amide bonds. The molecule has 0 aliphatic carbocycles. The summed E-state index contributed by atoms with van der Waals surface area (Å²) in [6, 6.07) is 4.78. The van der Waals surface area contributed by atoms with Gasteiger partial charge >= 0.3 is 0 Å². The zero-order valence-electron chi connectivity index (χ0n) is 12.5. The van der Waals surface area contributed by atoms with Crippen molar-refractivity contribution >= 4 is 5.82 Å². The van der Waals surface area contributed by atoms with Gasteiger partial charge in [0.15, 0.2) is 0 Å². The molecule has 0 aliphatic heterocycles. The summed E-state index contributed by atoms with van der Waals surface area (Å²) in [5.74, 6) is 3.62. The monoisotopic (exact) mass is 259 g/mol. The first-order valence-corrected chi connectivity index (χ1v) is 6.94. The lowest BCUT2D eigenvalue weighted by Crippen LogP contribution is -2.23. The number of nitrogens with one attached hydrogen (secondary N) is 1. The molecule has 0 fully saturated rings. The van der Waals surface area contributed by atoms with Gasteiger partial charge in [0.05, 0.1) is 6.54 Å². The Morgan fingerprint density at radius 3 is 2.74 bits per heavy atom. The van der Waals surface area contributed by atoms with E-state index in [-0.39, 0.29) is 0 Å². The molecule has 1 aromatic heterocycles. The van der Waals surface area contributed by atoms with Gasteiger partial charge in [-0.05, 0) is 24.1 Å². The Balaban J connectivity index is 2.93. The maximum Gasteiger partial charge on any atom is 0.129 e. The number of pyridine rings is 1. The summed E-state index contributed by atoms with van der Waals surface area (Å²) in [5.41, 5.74) is 2.41. The normalized spacial score (nSPS) is 10.5. The number of hydrogen-bond acceptors (Lipinski definition) is 3. The van der Waals surface area contributed by atoms with E-state index in [1.807, 2.05) is 11.9 Å². The molecule has 0 spiro atoms. The van der Waals surface area contributed by atoms with E-state index >= 15 is 0 Å². The molecule has 0 radical (unpaired) electrons. The van der Waals surface area contributed by atoms with Crippen LogP contribution in [0.4, 0.5) is 5.82 Å². The van der Waals surface area contributed by atoms with Crippen LogP contribution in [0.5, 0.6) is 0 Å². The molecule has 1 aromatic rings. The van der Waals surface area contributed by atoms with Gasteiger partial charge in [0.2, 0.25) is 0 Å². The van der Waals surface area contributed by atoms with Crippen LogP contribution in [0.25, 0.3) is 0 Å². The SMILES string of the molecule is C#CCN(C)c1cc(CNC(C)C)cc(CCC)n1. The van der Waals surface area contributed by atoms with Crippen LogP contribution in [-0.2, 0) is 13.0 Å². The van der Waals surface area contributed by atoms with E-state index in [2.05, 4.69) is 49.1 Å². The second-order valence-corrected chi connectivity index (χ2v) is 5.17. The molecule has 0 aliphatic rings. The fourth-order valence-electron chi connectivity index (χ4n) is 1.85. The summed E-state index contributed by atoms with van der Waals surface area (Å²) >= 11 is 0. The Kier molecular flexibility index (Phi) is 6.38. The third-order valence-electron chi connectivity index (χ3n) is 2.86. The molecule has 1 N–H and O–H groups in total. The zero-order chi connectivity index (χ0) is 14.3. The molecule has 1 heterocycles. The highest BCUT2D eigenvalue weighted by atomic mass is 15.2. The lowest BCUT2D eigenvalue weighted by Gasteiger charge is -2.18. The van der Waals surface area contributed by atoms with Crippen molar-refractivity contribution in [3.63, 3.8) is 0 Å². The average Bonchev–Trinajstić information content (AvgIpc) is 2.37. The van der Waals surface area contributed by atoms with E-state index < -0.39 is 0 Å². The van der Waals surface area contributed by atoms with Gasteiger partial charge in [0, 0.05) is 25.3 Å². The molecule has 1 rings (SSSR count). The van der Waals surface area contributed by atoms with Gasteiger partial charge in [0.1, 0.15) is 5.82 Å². The zero-order valence-corrected chi connectivity index (χ0v) is 12.5. The maximum atomic E-state index is 5.37. The summed E-state index contributed by atoms with van der Waals surface area (Å²) in [6.45, 7) is 7.93. The second-order valence-electron chi connectivity index (χ2n) is 5.17. The van der Waals surface area contributed by atoms with Gasteiger partial charge in [0.25, 0.3) is 0 Å². The average molecular weight is 259 g/mol. The maximum absolute atomic E-state index is 5.37. The predicted octanol–water partition coefficient (Wildman–Crippen LogP) is 2.60. The van der Waals surface area contributed by atoms with Crippen LogP contribution in [-0.4, -0.2) is 24.6 Å². The molecule has 0 aromatic carbocycles. The molecule has 3 nitrogen and oxygen atoms in total. The Bertz CT molecular complexity index is 432. The summed E-state index contributed by atoms with van der Waals surface area (Å²) in [6.07, 6.45) is 7.48. The summed E-state index contributed by atoms with van der Waals surface area (Å²) in [7, 11) is 1.98. The van der Waals surface area contributed by atoms with Crippen molar-refractivity contribution in [3.8, 4) is 12.3 Å². The molecular formula is C16H25N3. The largest absolute Gasteiger partial charge is 0.349 e. The predicted molar refractivity (Wildman–Crippen MR) is 82.3 cm³/mol. The van der Waals surface area contributed by atoms with E-state index in [1.165, 1.54) is 5.56 Å². The standard InChI is InChI=1S/C16H25N3/c1-6-8-15-10-14(12-17-13(3)4)11-16(18-15)19(5)9-7-2/h2,10-11,13,17H,6,8-9,12H2,1,3-5H3. The van der Waals surface area contributed by atoms with E-state index in [1.54, 1.807) is 0 Å². The number of aromatic nitrogens is 1. The molecule has 19 heavy (non-hydrogen) atoms. The lowest BCUT2D eigenvalue weighted by atomic mass is 10.1. The van der Waals surface area contributed by atoms with E-state index in [4.69, 9.17) is 6.42 Å². The number of terminal acetylenes is 1. The van der Waals surface area contributed by atoms with E-state index in [9.17, 15) is 0 Å². The molecule has 0 saturated heterocycles. The smallest absolute Gasteiger partial charge is 0.129 e. The van der Waals surface area contributed by atoms with Crippen molar-refractivity contribution in [2.24, 2.45) is 0 Å². The van der Waals surface area contributed by atoms with E-state index in [0.717, 1.165) is 30.9 Å². The highest BCUT2D eigenvalue weighted by Gasteiger charge is 2.06. The van der Waals surface area contributed by atoms with Gasteiger partial charge in [-0.1, -0.05) is 33.1 Å². The highest BCUT2D eigenvalue weighted by molar-refractivity contribution is 5.43. The summed E-state index contributed by atoms with van der Waals surface area (Å²) < 4.78 is 0. The van der Waals surface area contributed by atoms with Crippen molar-refractivity contribution in [1.82, 2.24) is 10.3 Å². The second kappa shape index (κ2) is 7.81. The number of anilines is 1. The molecule has 104 valence electrons.